The van der Waals surface area contributed by atoms with Gasteiger partial charge in [-0.25, -0.2) is 12.7 Å². The van der Waals surface area contributed by atoms with E-state index in [2.05, 4.69) is 0 Å². The Balaban J connectivity index is 1.89. The van der Waals surface area contributed by atoms with Gasteiger partial charge >= 0.3 is 5.97 Å². The molecule has 0 bridgehead atoms. The number of carboxylic acid groups (broad SMARTS) is 1. The number of aliphatic carboxylic acids is 1. The third-order valence-electron chi connectivity index (χ3n) is 4.10. The van der Waals surface area contributed by atoms with Crippen LogP contribution in [0.5, 0.6) is 0 Å². The van der Waals surface area contributed by atoms with Crippen molar-refractivity contribution in [3.63, 3.8) is 0 Å². The highest BCUT2D eigenvalue weighted by molar-refractivity contribution is 7.89. The zero-order valence-electron chi connectivity index (χ0n) is 10.5. The molecule has 0 aromatic heterocycles. The van der Waals surface area contributed by atoms with Crippen LogP contribution in [0, 0.1) is 5.92 Å². The number of carbonyl (C=O) groups is 1. The van der Waals surface area contributed by atoms with Gasteiger partial charge in [0, 0.05) is 19.5 Å². The highest BCUT2D eigenvalue weighted by atomic mass is 32.2. The summed E-state index contributed by atoms with van der Waals surface area (Å²) < 4.78 is 26.2. The molecule has 1 saturated heterocycles. The molecule has 0 aromatic carbocycles. The first kappa shape index (κ1) is 13.8. The van der Waals surface area contributed by atoms with Crippen molar-refractivity contribution in [3.8, 4) is 0 Å². The van der Waals surface area contributed by atoms with E-state index >= 15 is 0 Å². The van der Waals surface area contributed by atoms with E-state index in [1.807, 2.05) is 0 Å². The summed E-state index contributed by atoms with van der Waals surface area (Å²) in [6.07, 6.45) is 5.14. The van der Waals surface area contributed by atoms with Crippen molar-refractivity contribution in [2.45, 2.75) is 50.2 Å². The number of hydrogen-bond acceptors (Lipinski definition) is 3. The lowest BCUT2D eigenvalue weighted by molar-refractivity contribution is -0.137. The van der Waals surface area contributed by atoms with Crippen LogP contribution in [0.15, 0.2) is 0 Å². The molecule has 6 heteroatoms. The fraction of sp³-hybridized carbons (Fsp3) is 0.917. The van der Waals surface area contributed by atoms with Crippen LogP contribution in [0.4, 0.5) is 0 Å². The molecule has 0 amide bonds. The minimum absolute atomic E-state index is 0.141. The third-order valence-corrected chi connectivity index (χ3v) is 6.46. The molecular weight excluding hydrogens is 254 g/mol. The van der Waals surface area contributed by atoms with Gasteiger partial charge in [0.1, 0.15) is 0 Å². The van der Waals surface area contributed by atoms with Gasteiger partial charge in [-0.05, 0) is 31.6 Å². The van der Waals surface area contributed by atoms with Crippen molar-refractivity contribution in [2.75, 3.05) is 13.1 Å². The monoisotopic (exact) mass is 275 g/mol. The summed E-state index contributed by atoms with van der Waals surface area (Å²) in [7, 11) is -3.12. The topological polar surface area (TPSA) is 74.7 Å². The second-order valence-electron chi connectivity index (χ2n) is 5.40. The highest BCUT2D eigenvalue weighted by Gasteiger charge is 2.37. The number of sulfonamides is 1. The van der Waals surface area contributed by atoms with E-state index < -0.39 is 16.0 Å². The molecule has 0 radical (unpaired) electrons. The van der Waals surface area contributed by atoms with Crippen LogP contribution in [0.3, 0.4) is 0 Å². The molecule has 1 unspecified atom stereocenters. The molecule has 1 heterocycles. The van der Waals surface area contributed by atoms with Gasteiger partial charge in [-0.3, -0.25) is 4.79 Å². The first-order valence-electron chi connectivity index (χ1n) is 6.71. The van der Waals surface area contributed by atoms with Gasteiger partial charge in [-0.1, -0.05) is 12.8 Å². The van der Waals surface area contributed by atoms with Gasteiger partial charge in [0.05, 0.1) is 5.25 Å². The predicted octanol–water partition coefficient (Wildman–Crippen LogP) is 1.45. The fourth-order valence-corrected chi connectivity index (χ4v) is 5.12. The van der Waals surface area contributed by atoms with E-state index in [0.717, 1.165) is 32.1 Å². The largest absolute Gasteiger partial charge is 0.481 e. The molecule has 1 atom stereocenters. The maximum atomic E-state index is 12.3. The number of nitrogens with zero attached hydrogens (tertiary/aromatic N) is 1. The van der Waals surface area contributed by atoms with Crippen LogP contribution < -0.4 is 0 Å². The normalized spacial score (nSPS) is 26.8. The van der Waals surface area contributed by atoms with Gasteiger partial charge < -0.3 is 5.11 Å². The summed E-state index contributed by atoms with van der Waals surface area (Å²) in [4.78, 5) is 10.5. The maximum absolute atomic E-state index is 12.3. The van der Waals surface area contributed by atoms with Crippen LogP contribution in [0.1, 0.15) is 44.9 Å². The average Bonchev–Trinajstić information content (AvgIpc) is 2.98. The molecule has 1 aliphatic heterocycles. The van der Waals surface area contributed by atoms with E-state index in [4.69, 9.17) is 5.11 Å². The van der Waals surface area contributed by atoms with Gasteiger partial charge in [0.25, 0.3) is 0 Å². The van der Waals surface area contributed by atoms with E-state index in [1.165, 1.54) is 0 Å². The Hall–Kier alpha value is -0.620. The third kappa shape index (κ3) is 3.03. The van der Waals surface area contributed by atoms with Gasteiger partial charge in [-0.2, -0.15) is 0 Å². The first-order chi connectivity index (χ1) is 8.50. The van der Waals surface area contributed by atoms with Crippen molar-refractivity contribution in [1.82, 2.24) is 4.31 Å². The Morgan fingerprint density at radius 3 is 2.50 bits per heavy atom. The maximum Gasteiger partial charge on any atom is 0.303 e. The van der Waals surface area contributed by atoms with E-state index in [-0.39, 0.29) is 17.6 Å². The van der Waals surface area contributed by atoms with Crippen LogP contribution >= 0.6 is 0 Å². The molecule has 1 aliphatic carbocycles. The number of carboxylic acids is 1. The average molecular weight is 275 g/mol. The van der Waals surface area contributed by atoms with Gasteiger partial charge in [0.2, 0.25) is 10.0 Å². The summed E-state index contributed by atoms with van der Waals surface area (Å²) in [6.45, 7) is 1.09. The van der Waals surface area contributed by atoms with Gasteiger partial charge in [0.15, 0.2) is 0 Å². The smallest absolute Gasteiger partial charge is 0.303 e. The summed E-state index contributed by atoms with van der Waals surface area (Å²) >= 11 is 0. The quantitative estimate of drug-likeness (QED) is 0.824. The molecule has 2 fully saturated rings. The lowest BCUT2D eigenvalue weighted by Crippen LogP contribution is -2.36. The van der Waals surface area contributed by atoms with Crippen molar-refractivity contribution in [1.29, 1.82) is 0 Å². The SMILES string of the molecule is O=C(O)CCC1CCN(S(=O)(=O)C2CCCC2)C1. The Bertz CT molecular complexity index is 400. The molecule has 2 aliphatic rings. The van der Waals surface area contributed by atoms with Crippen molar-refractivity contribution in [3.05, 3.63) is 0 Å². The Morgan fingerprint density at radius 2 is 1.89 bits per heavy atom. The fourth-order valence-electron chi connectivity index (χ4n) is 2.99. The van der Waals surface area contributed by atoms with Crippen LogP contribution in [-0.2, 0) is 14.8 Å². The Labute approximate surface area is 108 Å². The van der Waals surface area contributed by atoms with Crippen molar-refractivity contribution in [2.24, 2.45) is 5.92 Å². The lowest BCUT2D eigenvalue weighted by atomic mass is 10.0. The van der Waals surface area contributed by atoms with E-state index in [0.29, 0.717) is 19.5 Å². The highest BCUT2D eigenvalue weighted by Crippen LogP contribution is 2.31. The van der Waals surface area contributed by atoms with Crippen LogP contribution in [-0.4, -0.2) is 42.1 Å². The van der Waals surface area contributed by atoms with Gasteiger partial charge in [-0.15, -0.1) is 0 Å². The summed E-state index contributed by atoms with van der Waals surface area (Å²) in [5.41, 5.74) is 0. The second kappa shape index (κ2) is 5.57. The second-order valence-corrected chi connectivity index (χ2v) is 7.61. The van der Waals surface area contributed by atoms with Crippen LogP contribution in [0.2, 0.25) is 0 Å². The lowest BCUT2D eigenvalue weighted by Gasteiger charge is -2.20. The molecular formula is C12H21NO4S. The molecule has 104 valence electrons. The van der Waals surface area contributed by atoms with Crippen molar-refractivity contribution < 1.29 is 18.3 Å². The minimum Gasteiger partial charge on any atom is -0.481 e. The van der Waals surface area contributed by atoms with E-state index in [1.54, 1.807) is 4.31 Å². The Morgan fingerprint density at radius 1 is 1.22 bits per heavy atom. The Kier molecular flexibility index (Phi) is 4.27. The summed E-state index contributed by atoms with van der Waals surface area (Å²) in [5, 5.41) is 8.46. The number of hydrogen-bond donors (Lipinski definition) is 1. The molecule has 0 aromatic rings. The zero-order valence-corrected chi connectivity index (χ0v) is 11.4. The molecule has 1 N–H and O–H groups in total. The molecule has 2 rings (SSSR count). The minimum atomic E-state index is -3.12. The summed E-state index contributed by atoms with van der Waals surface area (Å²) in [6, 6.07) is 0. The number of rotatable bonds is 5. The molecule has 0 spiro atoms. The summed E-state index contributed by atoms with van der Waals surface area (Å²) in [5.74, 6) is -0.579. The predicted molar refractivity (Wildman–Crippen MR) is 67.7 cm³/mol. The molecule has 5 nitrogen and oxygen atoms in total. The standard InChI is InChI=1S/C12H21NO4S/c14-12(15)6-5-10-7-8-13(9-10)18(16,17)11-3-1-2-4-11/h10-11H,1-9H2,(H,14,15). The zero-order chi connectivity index (χ0) is 13.2. The van der Waals surface area contributed by atoms with Crippen molar-refractivity contribution >= 4 is 16.0 Å². The first-order valence-corrected chi connectivity index (χ1v) is 8.21. The molecule has 1 saturated carbocycles. The molecule has 18 heavy (non-hydrogen) atoms. The van der Waals surface area contributed by atoms with E-state index in [9.17, 15) is 13.2 Å². The van der Waals surface area contributed by atoms with Crippen LogP contribution in [0.25, 0.3) is 0 Å².